The van der Waals surface area contributed by atoms with E-state index >= 15 is 0 Å². The summed E-state index contributed by atoms with van der Waals surface area (Å²) in [5.41, 5.74) is 0.652. The van der Waals surface area contributed by atoms with Crippen LogP contribution in [0.4, 0.5) is 10.5 Å². The molecule has 0 aliphatic carbocycles. The van der Waals surface area contributed by atoms with E-state index in [9.17, 15) is 4.79 Å². The van der Waals surface area contributed by atoms with Crippen LogP contribution in [-0.4, -0.2) is 57.1 Å². The first-order chi connectivity index (χ1) is 9.33. The van der Waals surface area contributed by atoms with Gasteiger partial charge in [0.1, 0.15) is 25.4 Å². The molecule has 1 aromatic rings. The highest BCUT2D eigenvalue weighted by atomic mass is 35.5. The summed E-state index contributed by atoms with van der Waals surface area (Å²) in [6.45, 7) is 1.19. The lowest BCUT2D eigenvalue weighted by Crippen LogP contribution is -2.38. The lowest BCUT2D eigenvalue weighted by molar-refractivity contribution is -0.870. The molecule has 1 saturated heterocycles. The summed E-state index contributed by atoms with van der Waals surface area (Å²) in [5.74, 6) is 0. The lowest BCUT2D eigenvalue weighted by atomic mass is 10.3. The molecular weight excluding hydrogens is 280 g/mol. The molecular formula is C14H20ClN2O3+. The second-order valence-corrected chi connectivity index (χ2v) is 6.35. The maximum absolute atomic E-state index is 11.6. The van der Waals surface area contributed by atoms with Crippen LogP contribution < -0.4 is 5.32 Å². The number of carbonyl (C=O) groups is 1. The summed E-state index contributed by atoms with van der Waals surface area (Å²) in [7, 11) is 6.31. The van der Waals surface area contributed by atoms with Gasteiger partial charge in [0.05, 0.1) is 21.1 Å². The van der Waals surface area contributed by atoms with Crippen LogP contribution >= 0.6 is 11.6 Å². The third-order valence-electron chi connectivity index (χ3n) is 2.88. The minimum Gasteiger partial charge on any atom is -0.446 e. The summed E-state index contributed by atoms with van der Waals surface area (Å²) in [4.78, 5) is 11.6. The van der Waals surface area contributed by atoms with Gasteiger partial charge in [-0.3, -0.25) is 5.32 Å². The van der Waals surface area contributed by atoms with Crippen LogP contribution in [0.15, 0.2) is 24.3 Å². The molecule has 110 valence electrons. The number of hydrogen-bond acceptors (Lipinski definition) is 3. The number of ether oxygens (including phenoxy) is 2. The van der Waals surface area contributed by atoms with E-state index in [1.54, 1.807) is 24.3 Å². The zero-order chi connectivity index (χ0) is 14.8. The van der Waals surface area contributed by atoms with E-state index in [1.165, 1.54) is 0 Å². The normalized spacial score (nSPS) is 21.4. The van der Waals surface area contributed by atoms with Crippen LogP contribution in [-0.2, 0) is 9.47 Å². The molecule has 5 nitrogen and oxygen atoms in total. The smallest absolute Gasteiger partial charge is 0.411 e. The van der Waals surface area contributed by atoms with Gasteiger partial charge >= 0.3 is 6.09 Å². The van der Waals surface area contributed by atoms with E-state index in [0.717, 1.165) is 11.0 Å². The Labute approximate surface area is 124 Å². The maximum Gasteiger partial charge on any atom is 0.411 e. The Bertz CT molecular complexity index is 470. The van der Waals surface area contributed by atoms with Crippen molar-refractivity contribution < 1.29 is 18.8 Å². The van der Waals surface area contributed by atoms with Crippen molar-refractivity contribution in [2.75, 3.05) is 39.6 Å². The number of amides is 1. The minimum absolute atomic E-state index is 0.0170. The van der Waals surface area contributed by atoms with Gasteiger partial charge in [-0.2, -0.15) is 0 Å². The number of halogens is 1. The van der Waals surface area contributed by atoms with Crippen LogP contribution in [0, 0.1) is 0 Å². The molecule has 20 heavy (non-hydrogen) atoms. The van der Waals surface area contributed by atoms with Crippen molar-refractivity contribution in [3.05, 3.63) is 29.3 Å². The monoisotopic (exact) mass is 299 g/mol. The van der Waals surface area contributed by atoms with Crippen molar-refractivity contribution in [3.63, 3.8) is 0 Å². The van der Waals surface area contributed by atoms with E-state index in [2.05, 4.69) is 26.5 Å². The van der Waals surface area contributed by atoms with Crippen molar-refractivity contribution >= 4 is 23.4 Å². The van der Waals surface area contributed by atoms with Crippen LogP contribution in [0.3, 0.4) is 0 Å². The van der Waals surface area contributed by atoms with Gasteiger partial charge in [0.15, 0.2) is 0 Å². The quantitative estimate of drug-likeness (QED) is 0.671. The summed E-state index contributed by atoms with van der Waals surface area (Å²) in [5, 5.41) is 3.26. The average Bonchev–Trinajstić information content (AvgIpc) is 3.05. The van der Waals surface area contributed by atoms with Gasteiger partial charge in [-0.15, -0.1) is 0 Å². The summed E-state index contributed by atoms with van der Waals surface area (Å²) < 4.78 is 11.4. The fourth-order valence-electron chi connectivity index (χ4n) is 1.87. The Morgan fingerprint density at radius 1 is 1.30 bits per heavy atom. The third-order valence-corrected chi connectivity index (χ3v) is 3.14. The van der Waals surface area contributed by atoms with Crippen molar-refractivity contribution in [3.8, 4) is 0 Å². The maximum atomic E-state index is 11.6. The van der Waals surface area contributed by atoms with E-state index in [0.29, 0.717) is 10.7 Å². The van der Waals surface area contributed by atoms with E-state index in [4.69, 9.17) is 21.1 Å². The summed E-state index contributed by atoms with van der Waals surface area (Å²) in [6.07, 6.45) is -0.284. The Morgan fingerprint density at radius 3 is 2.55 bits per heavy atom. The van der Waals surface area contributed by atoms with Crippen LogP contribution in [0.5, 0.6) is 0 Å². The topological polar surface area (TPSA) is 50.9 Å². The number of anilines is 1. The number of nitrogens with zero attached hydrogens (tertiary/aromatic N) is 1. The molecule has 6 heteroatoms. The molecule has 1 aliphatic heterocycles. The number of quaternary nitrogens is 1. The van der Waals surface area contributed by atoms with E-state index in [1.807, 2.05) is 0 Å². The van der Waals surface area contributed by atoms with Crippen molar-refractivity contribution in [2.24, 2.45) is 0 Å². The highest BCUT2D eigenvalue weighted by Gasteiger charge is 2.43. The van der Waals surface area contributed by atoms with Crippen LogP contribution in [0.25, 0.3) is 0 Å². The standard InChI is InChI=1S/C14H19ClN2O3/c1-17(2,3)8-12-13(20-12)9-19-14(18)16-11-6-4-10(15)5-7-11/h4-7,12-13H,8-9H2,1-3H3/p+1/t12-,13+/m1/s1. The number of likely N-dealkylation sites (N-methyl/N-ethyl adjacent to an activating group) is 1. The van der Waals surface area contributed by atoms with Gasteiger partial charge in [0, 0.05) is 10.7 Å². The van der Waals surface area contributed by atoms with E-state index in [-0.39, 0.29) is 18.8 Å². The van der Waals surface area contributed by atoms with Gasteiger partial charge in [-0.05, 0) is 24.3 Å². The minimum atomic E-state index is -0.480. The van der Waals surface area contributed by atoms with Crippen molar-refractivity contribution in [2.45, 2.75) is 12.2 Å². The molecule has 0 bridgehead atoms. The van der Waals surface area contributed by atoms with Crippen molar-refractivity contribution in [1.82, 2.24) is 0 Å². The molecule has 1 heterocycles. The van der Waals surface area contributed by atoms with Crippen LogP contribution in [0.2, 0.25) is 5.02 Å². The SMILES string of the molecule is C[N+](C)(C)C[C@H]1O[C@H]1COC(=O)Nc1ccc(Cl)cc1. The molecule has 0 aromatic heterocycles. The number of carbonyl (C=O) groups excluding carboxylic acids is 1. The predicted molar refractivity (Wildman–Crippen MR) is 78.0 cm³/mol. The molecule has 0 unspecified atom stereocenters. The van der Waals surface area contributed by atoms with Gasteiger partial charge in [0.25, 0.3) is 0 Å². The highest BCUT2D eigenvalue weighted by Crippen LogP contribution is 2.24. The summed E-state index contributed by atoms with van der Waals surface area (Å²) >= 11 is 5.77. The zero-order valence-corrected chi connectivity index (χ0v) is 12.7. The van der Waals surface area contributed by atoms with Crippen molar-refractivity contribution in [1.29, 1.82) is 0 Å². The first-order valence-electron chi connectivity index (χ1n) is 6.49. The number of epoxide rings is 1. The number of benzene rings is 1. The van der Waals surface area contributed by atoms with Gasteiger partial charge < -0.3 is 14.0 Å². The van der Waals surface area contributed by atoms with E-state index < -0.39 is 6.09 Å². The fraction of sp³-hybridized carbons (Fsp3) is 0.500. The zero-order valence-electron chi connectivity index (χ0n) is 11.9. The lowest BCUT2D eigenvalue weighted by Gasteiger charge is -2.22. The molecule has 0 saturated carbocycles. The summed E-state index contributed by atoms with van der Waals surface area (Å²) in [6, 6.07) is 6.85. The fourth-order valence-corrected chi connectivity index (χ4v) is 2.00. The molecule has 1 fully saturated rings. The first kappa shape index (κ1) is 15.1. The predicted octanol–water partition coefficient (Wildman–Crippen LogP) is 2.36. The molecule has 1 N–H and O–H groups in total. The molecule has 1 aliphatic rings. The first-order valence-corrected chi connectivity index (χ1v) is 6.86. The third kappa shape index (κ3) is 5.00. The highest BCUT2D eigenvalue weighted by molar-refractivity contribution is 6.30. The average molecular weight is 300 g/mol. The molecule has 0 spiro atoms. The Morgan fingerprint density at radius 2 is 1.95 bits per heavy atom. The van der Waals surface area contributed by atoms with Crippen LogP contribution in [0.1, 0.15) is 0 Å². The second kappa shape index (κ2) is 5.99. The van der Waals surface area contributed by atoms with Gasteiger partial charge in [0.2, 0.25) is 0 Å². The largest absolute Gasteiger partial charge is 0.446 e. The molecule has 1 amide bonds. The molecule has 0 radical (unpaired) electrons. The van der Waals surface area contributed by atoms with Gasteiger partial charge in [-0.25, -0.2) is 4.79 Å². The number of nitrogens with one attached hydrogen (secondary N) is 1. The number of hydrogen-bond donors (Lipinski definition) is 1. The number of rotatable bonds is 5. The molecule has 2 rings (SSSR count). The Balaban J connectivity index is 1.68. The van der Waals surface area contributed by atoms with Gasteiger partial charge in [-0.1, -0.05) is 11.6 Å². The second-order valence-electron chi connectivity index (χ2n) is 5.92. The Hall–Kier alpha value is -1.30. The molecule has 1 aromatic carbocycles. The Kier molecular flexibility index (Phi) is 4.52. The molecule has 2 atom stereocenters.